The molecule has 2 heterocycles. The Morgan fingerprint density at radius 3 is 3.15 bits per heavy atom. The van der Waals surface area contributed by atoms with Crippen molar-refractivity contribution in [3.8, 4) is 0 Å². The minimum atomic E-state index is 0.744. The number of para-hydroxylation sites is 2. The number of hydrogen-bond donors (Lipinski definition) is 1. The van der Waals surface area contributed by atoms with Crippen molar-refractivity contribution < 1.29 is 0 Å². The molecule has 13 heavy (non-hydrogen) atoms. The average Bonchev–Trinajstić information content (AvgIpc) is 2.66. The highest BCUT2D eigenvalue weighted by Crippen LogP contribution is 2.18. The number of benzene rings is 1. The van der Waals surface area contributed by atoms with E-state index in [2.05, 4.69) is 10.3 Å². The number of thiocarbonyl (C=S) groups is 1. The van der Waals surface area contributed by atoms with Gasteiger partial charge in [-0.25, -0.2) is 4.98 Å². The van der Waals surface area contributed by atoms with E-state index in [1.807, 2.05) is 28.8 Å². The molecule has 0 spiro atoms. The summed E-state index contributed by atoms with van der Waals surface area (Å²) in [4.78, 5) is 4.46. The van der Waals surface area contributed by atoms with Gasteiger partial charge in [0.15, 0.2) is 5.11 Å². The summed E-state index contributed by atoms with van der Waals surface area (Å²) in [7, 11) is 0. The molecule has 3 rings (SSSR count). The molecule has 0 aliphatic carbocycles. The number of fused-ring (bicyclic) bond motifs is 3. The molecule has 0 saturated carbocycles. The molecule has 4 heteroatoms. The predicted molar refractivity (Wildman–Crippen MR) is 54.6 cm³/mol. The van der Waals surface area contributed by atoms with E-state index >= 15 is 0 Å². The summed E-state index contributed by atoms with van der Waals surface area (Å²) < 4.78 is 1.99. The molecule has 0 saturated heterocycles. The zero-order valence-electron chi connectivity index (χ0n) is 6.82. The van der Waals surface area contributed by atoms with Gasteiger partial charge in [-0.2, -0.15) is 0 Å². The molecule has 2 aromatic rings. The van der Waals surface area contributed by atoms with Gasteiger partial charge >= 0.3 is 0 Å². The molecule has 0 bridgehead atoms. The van der Waals surface area contributed by atoms with E-state index in [1.165, 1.54) is 0 Å². The van der Waals surface area contributed by atoms with Gasteiger partial charge in [-0.1, -0.05) is 12.1 Å². The van der Waals surface area contributed by atoms with Crippen LogP contribution in [-0.2, 0) is 6.54 Å². The van der Waals surface area contributed by atoms with Crippen molar-refractivity contribution in [3.63, 3.8) is 0 Å². The quantitative estimate of drug-likeness (QED) is 0.633. The van der Waals surface area contributed by atoms with Crippen LogP contribution >= 0.6 is 12.2 Å². The molecule has 0 fully saturated rings. The minimum Gasteiger partial charge on any atom is -0.355 e. The Labute approximate surface area is 80.4 Å². The van der Waals surface area contributed by atoms with Crippen molar-refractivity contribution in [2.45, 2.75) is 6.54 Å². The lowest BCUT2D eigenvalue weighted by atomic mass is 10.3. The van der Waals surface area contributed by atoms with Crippen LogP contribution < -0.4 is 5.32 Å². The van der Waals surface area contributed by atoms with Gasteiger partial charge in [0.05, 0.1) is 17.6 Å². The minimum absolute atomic E-state index is 0.744. The SMILES string of the molecule is S=C1NCc2nc3ccccc3n21. The van der Waals surface area contributed by atoms with Crippen LogP contribution in [-0.4, -0.2) is 14.7 Å². The molecule has 0 unspecified atom stereocenters. The smallest absolute Gasteiger partial charge is 0.179 e. The van der Waals surface area contributed by atoms with Crippen molar-refractivity contribution >= 4 is 28.4 Å². The molecule has 0 amide bonds. The van der Waals surface area contributed by atoms with Gasteiger partial charge in [-0.15, -0.1) is 0 Å². The fourth-order valence-electron chi connectivity index (χ4n) is 1.65. The van der Waals surface area contributed by atoms with Crippen LogP contribution in [0.3, 0.4) is 0 Å². The van der Waals surface area contributed by atoms with Gasteiger partial charge in [-0.05, 0) is 24.4 Å². The molecule has 1 aliphatic rings. The number of aromatic nitrogens is 2. The Bertz CT molecular complexity index is 501. The van der Waals surface area contributed by atoms with E-state index < -0.39 is 0 Å². The van der Waals surface area contributed by atoms with E-state index in [4.69, 9.17) is 12.2 Å². The normalized spacial score (nSPS) is 14.6. The van der Waals surface area contributed by atoms with Crippen LogP contribution in [0.25, 0.3) is 11.0 Å². The number of nitrogens with one attached hydrogen (secondary N) is 1. The van der Waals surface area contributed by atoms with Gasteiger partial charge < -0.3 is 5.32 Å². The van der Waals surface area contributed by atoms with E-state index in [0.29, 0.717) is 0 Å². The number of imidazole rings is 1. The van der Waals surface area contributed by atoms with Gasteiger partial charge in [0, 0.05) is 0 Å². The van der Waals surface area contributed by atoms with E-state index in [-0.39, 0.29) is 0 Å². The number of rotatable bonds is 0. The van der Waals surface area contributed by atoms with Crippen molar-refractivity contribution in [3.05, 3.63) is 30.1 Å². The molecule has 1 N–H and O–H groups in total. The van der Waals surface area contributed by atoms with Gasteiger partial charge in [0.2, 0.25) is 0 Å². The Morgan fingerprint density at radius 2 is 2.23 bits per heavy atom. The topological polar surface area (TPSA) is 29.9 Å². The number of nitrogens with zero attached hydrogens (tertiary/aromatic N) is 2. The zero-order chi connectivity index (χ0) is 8.84. The summed E-state index contributed by atoms with van der Waals surface area (Å²) in [5.41, 5.74) is 2.11. The second-order valence-electron chi connectivity index (χ2n) is 3.01. The van der Waals surface area contributed by atoms with Gasteiger partial charge in [-0.3, -0.25) is 4.57 Å². The molecule has 3 nitrogen and oxygen atoms in total. The highest BCUT2D eigenvalue weighted by Gasteiger charge is 2.18. The third kappa shape index (κ3) is 0.833. The lowest BCUT2D eigenvalue weighted by Gasteiger charge is -1.97. The summed E-state index contributed by atoms with van der Waals surface area (Å²) in [6, 6.07) is 8.02. The maximum atomic E-state index is 5.17. The predicted octanol–water partition coefficient (Wildman–Crippen LogP) is 1.27. The first-order valence-corrected chi connectivity index (χ1v) is 4.51. The van der Waals surface area contributed by atoms with Crippen molar-refractivity contribution in [1.82, 2.24) is 14.9 Å². The summed E-state index contributed by atoms with van der Waals surface area (Å²) >= 11 is 5.17. The monoisotopic (exact) mass is 189 g/mol. The third-order valence-corrected chi connectivity index (χ3v) is 2.56. The maximum Gasteiger partial charge on any atom is 0.179 e. The molecular formula is C9H7N3S. The van der Waals surface area contributed by atoms with E-state index in [9.17, 15) is 0 Å². The van der Waals surface area contributed by atoms with Crippen LogP contribution in [0.15, 0.2) is 24.3 Å². The molecule has 64 valence electrons. The Morgan fingerprint density at radius 1 is 1.38 bits per heavy atom. The Hall–Kier alpha value is -1.42. The molecule has 1 aromatic heterocycles. The maximum absolute atomic E-state index is 5.17. The zero-order valence-corrected chi connectivity index (χ0v) is 7.64. The van der Waals surface area contributed by atoms with E-state index in [1.54, 1.807) is 0 Å². The Kier molecular flexibility index (Phi) is 1.24. The first-order valence-electron chi connectivity index (χ1n) is 4.11. The fourth-order valence-corrected chi connectivity index (χ4v) is 1.93. The summed E-state index contributed by atoms with van der Waals surface area (Å²) in [5, 5.41) is 3.84. The van der Waals surface area contributed by atoms with Crippen LogP contribution in [0.5, 0.6) is 0 Å². The molecule has 1 aromatic carbocycles. The first kappa shape index (κ1) is 7.03. The molecule has 1 aliphatic heterocycles. The van der Waals surface area contributed by atoms with Crippen LogP contribution in [0.4, 0.5) is 0 Å². The van der Waals surface area contributed by atoms with Gasteiger partial charge in [0.25, 0.3) is 0 Å². The lowest BCUT2D eigenvalue weighted by Crippen LogP contribution is -2.16. The molecule has 0 atom stereocenters. The van der Waals surface area contributed by atoms with E-state index in [0.717, 1.165) is 28.5 Å². The van der Waals surface area contributed by atoms with Crippen LogP contribution in [0.1, 0.15) is 5.82 Å². The lowest BCUT2D eigenvalue weighted by molar-refractivity contribution is 0.925. The van der Waals surface area contributed by atoms with Crippen LogP contribution in [0.2, 0.25) is 0 Å². The van der Waals surface area contributed by atoms with Crippen molar-refractivity contribution in [2.24, 2.45) is 0 Å². The second-order valence-corrected chi connectivity index (χ2v) is 3.40. The largest absolute Gasteiger partial charge is 0.355 e. The highest BCUT2D eigenvalue weighted by molar-refractivity contribution is 7.80. The highest BCUT2D eigenvalue weighted by atomic mass is 32.1. The van der Waals surface area contributed by atoms with Crippen molar-refractivity contribution in [2.75, 3.05) is 0 Å². The first-order chi connectivity index (χ1) is 6.36. The Balaban J connectivity index is 2.46. The second kappa shape index (κ2) is 2.29. The average molecular weight is 189 g/mol. The summed E-state index contributed by atoms with van der Waals surface area (Å²) in [6.45, 7) is 0.744. The summed E-state index contributed by atoms with van der Waals surface area (Å²) in [5.74, 6) is 1.01. The van der Waals surface area contributed by atoms with Crippen LogP contribution in [0, 0.1) is 0 Å². The third-order valence-electron chi connectivity index (χ3n) is 2.23. The fraction of sp³-hybridized carbons (Fsp3) is 0.111. The van der Waals surface area contributed by atoms with Crippen molar-refractivity contribution in [1.29, 1.82) is 0 Å². The standard InChI is InChI=1S/C9H7N3S/c13-9-10-5-8-11-6-3-1-2-4-7(6)12(8)9/h1-4H,5H2,(H,10,13). The number of hydrogen-bond acceptors (Lipinski definition) is 2. The molecule has 0 radical (unpaired) electrons. The summed E-state index contributed by atoms with van der Waals surface area (Å²) in [6.07, 6.45) is 0. The van der Waals surface area contributed by atoms with Gasteiger partial charge in [0.1, 0.15) is 5.82 Å². The molecular weight excluding hydrogens is 182 g/mol.